The molecule has 0 unspecified atom stereocenters. The number of aliphatic imine (C=N–C) groups is 1. The van der Waals surface area contributed by atoms with Gasteiger partial charge in [0.15, 0.2) is 11.6 Å². The number of hydrogen-bond donors (Lipinski definition) is 1. The van der Waals surface area contributed by atoms with Crippen molar-refractivity contribution in [3.05, 3.63) is 65.5 Å². The van der Waals surface area contributed by atoms with Crippen LogP contribution in [0.4, 0.5) is 4.39 Å². The van der Waals surface area contributed by atoms with E-state index in [-0.39, 0.29) is 11.6 Å². The predicted molar refractivity (Wildman–Crippen MR) is 67.8 cm³/mol. The smallest absolute Gasteiger partial charge is 0.275 e. The van der Waals surface area contributed by atoms with Crippen molar-refractivity contribution in [2.75, 3.05) is 0 Å². The van der Waals surface area contributed by atoms with Crippen LogP contribution >= 0.6 is 0 Å². The van der Waals surface area contributed by atoms with E-state index in [1.54, 1.807) is 30.3 Å². The lowest BCUT2D eigenvalue weighted by Crippen LogP contribution is -2.24. The molecule has 1 aliphatic rings. The van der Waals surface area contributed by atoms with E-state index >= 15 is 0 Å². The number of halogens is 1. The van der Waals surface area contributed by atoms with Gasteiger partial charge in [-0.3, -0.25) is 4.79 Å². The van der Waals surface area contributed by atoms with Gasteiger partial charge in [-0.15, -0.1) is 0 Å². The highest BCUT2D eigenvalue weighted by Gasteiger charge is 2.22. The number of amidine groups is 1. The fraction of sp³-hybridized carbons (Fsp3) is 0. The highest BCUT2D eigenvalue weighted by Crippen LogP contribution is 2.16. The van der Waals surface area contributed by atoms with E-state index in [0.29, 0.717) is 17.2 Å². The molecule has 94 valence electrons. The van der Waals surface area contributed by atoms with Gasteiger partial charge in [0.25, 0.3) is 5.91 Å². The Morgan fingerprint density at radius 3 is 2.79 bits per heavy atom. The number of carbonyl (C=O) groups is 1. The Morgan fingerprint density at radius 2 is 2.05 bits per heavy atom. The molecule has 1 amide bonds. The first-order valence-electron chi connectivity index (χ1n) is 5.64. The summed E-state index contributed by atoms with van der Waals surface area (Å²) in [5.74, 6) is 0.0157. The van der Waals surface area contributed by atoms with Gasteiger partial charge < -0.3 is 9.73 Å². The third-order valence-corrected chi connectivity index (χ3v) is 2.65. The SMILES string of the molecule is O=C1NC(c2ccco2)=N/C1=C\c1ccccc1F. The molecule has 1 aliphatic heterocycles. The number of benzene rings is 1. The first-order chi connectivity index (χ1) is 9.24. The summed E-state index contributed by atoms with van der Waals surface area (Å²) in [5.41, 5.74) is 0.466. The Balaban J connectivity index is 1.98. The summed E-state index contributed by atoms with van der Waals surface area (Å²) in [7, 11) is 0. The summed E-state index contributed by atoms with van der Waals surface area (Å²) >= 11 is 0. The Morgan fingerprint density at radius 1 is 1.21 bits per heavy atom. The van der Waals surface area contributed by atoms with Crippen LogP contribution in [0.2, 0.25) is 0 Å². The van der Waals surface area contributed by atoms with Crippen LogP contribution in [0.1, 0.15) is 11.3 Å². The van der Waals surface area contributed by atoms with Crippen LogP contribution in [0.25, 0.3) is 6.08 Å². The molecule has 2 heterocycles. The van der Waals surface area contributed by atoms with E-state index < -0.39 is 5.82 Å². The predicted octanol–water partition coefficient (Wildman–Crippen LogP) is 2.34. The normalized spacial score (nSPS) is 16.6. The molecular formula is C14H9FN2O2. The molecule has 0 radical (unpaired) electrons. The molecule has 3 rings (SSSR count). The second kappa shape index (κ2) is 4.53. The molecule has 0 saturated heterocycles. The summed E-state index contributed by atoms with van der Waals surface area (Å²) in [5, 5.41) is 2.57. The Bertz CT molecular complexity index is 687. The van der Waals surface area contributed by atoms with Crippen LogP contribution < -0.4 is 5.32 Å². The number of nitrogens with one attached hydrogen (secondary N) is 1. The van der Waals surface area contributed by atoms with E-state index in [0.717, 1.165) is 0 Å². The van der Waals surface area contributed by atoms with E-state index in [1.807, 2.05) is 0 Å². The minimum Gasteiger partial charge on any atom is -0.461 e. The first-order valence-corrected chi connectivity index (χ1v) is 5.64. The number of amides is 1. The molecule has 1 aromatic heterocycles. The van der Waals surface area contributed by atoms with E-state index in [2.05, 4.69) is 10.3 Å². The Labute approximate surface area is 108 Å². The largest absolute Gasteiger partial charge is 0.461 e. The molecule has 0 spiro atoms. The molecule has 1 N–H and O–H groups in total. The number of furan rings is 1. The summed E-state index contributed by atoms with van der Waals surface area (Å²) in [6.45, 7) is 0. The second-order valence-electron chi connectivity index (χ2n) is 3.94. The molecule has 5 heteroatoms. The standard InChI is InChI=1S/C14H9FN2O2/c15-10-5-2-1-4-9(10)8-11-14(18)17-13(16-11)12-6-3-7-19-12/h1-8H,(H,16,17,18)/b11-8-. The van der Waals surface area contributed by atoms with Crippen LogP contribution in [0, 0.1) is 5.82 Å². The number of carbonyl (C=O) groups excluding carboxylic acids is 1. The first kappa shape index (κ1) is 11.4. The van der Waals surface area contributed by atoms with Crippen LogP contribution in [0.3, 0.4) is 0 Å². The maximum atomic E-state index is 13.5. The highest BCUT2D eigenvalue weighted by atomic mass is 19.1. The maximum absolute atomic E-state index is 13.5. The van der Waals surface area contributed by atoms with Crippen LogP contribution in [-0.4, -0.2) is 11.7 Å². The van der Waals surface area contributed by atoms with E-state index in [4.69, 9.17) is 4.42 Å². The fourth-order valence-electron chi connectivity index (χ4n) is 1.74. The van der Waals surface area contributed by atoms with Gasteiger partial charge in [-0.05, 0) is 24.3 Å². The molecule has 0 aliphatic carbocycles. The molecule has 19 heavy (non-hydrogen) atoms. The van der Waals surface area contributed by atoms with Crippen molar-refractivity contribution in [1.29, 1.82) is 0 Å². The molecule has 0 saturated carbocycles. The topological polar surface area (TPSA) is 54.6 Å². The van der Waals surface area contributed by atoms with E-state index in [9.17, 15) is 9.18 Å². The Hall–Kier alpha value is -2.69. The minimum atomic E-state index is -0.399. The van der Waals surface area contributed by atoms with Gasteiger partial charge in [0.1, 0.15) is 11.5 Å². The van der Waals surface area contributed by atoms with Crippen molar-refractivity contribution in [1.82, 2.24) is 5.32 Å². The number of nitrogens with zero attached hydrogens (tertiary/aromatic N) is 1. The second-order valence-corrected chi connectivity index (χ2v) is 3.94. The summed E-state index contributed by atoms with van der Waals surface area (Å²) < 4.78 is 18.6. The molecule has 4 nitrogen and oxygen atoms in total. The van der Waals surface area contributed by atoms with Crippen molar-refractivity contribution < 1.29 is 13.6 Å². The van der Waals surface area contributed by atoms with Crippen molar-refractivity contribution in [3.63, 3.8) is 0 Å². The fourth-order valence-corrected chi connectivity index (χ4v) is 1.74. The summed E-state index contributed by atoms with van der Waals surface area (Å²) in [4.78, 5) is 15.8. The lowest BCUT2D eigenvalue weighted by Gasteiger charge is -1.96. The molecule has 0 atom stereocenters. The van der Waals surface area contributed by atoms with Crippen molar-refractivity contribution in [2.24, 2.45) is 4.99 Å². The van der Waals surface area contributed by atoms with Gasteiger partial charge in [0, 0.05) is 5.56 Å². The molecule has 1 aromatic carbocycles. The minimum absolute atomic E-state index is 0.150. The quantitative estimate of drug-likeness (QED) is 0.838. The van der Waals surface area contributed by atoms with Gasteiger partial charge in [0.2, 0.25) is 0 Å². The maximum Gasteiger partial charge on any atom is 0.275 e. The van der Waals surface area contributed by atoms with E-state index in [1.165, 1.54) is 18.4 Å². The summed E-state index contributed by atoms with van der Waals surface area (Å²) in [6.07, 6.45) is 2.89. The molecule has 0 fully saturated rings. The molecule has 0 bridgehead atoms. The van der Waals surface area contributed by atoms with Crippen molar-refractivity contribution in [2.45, 2.75) is 0 Å². The van der Waals surface area contributed by atoms with Gasteiger partial charge in [-0.25, -0.2) is 9.38 Å². The highest BCUT2D eigenvalue weighted by molar-refractivity contribution is 6.18. The molecular weight excluding hydrogens is 247 g/mol. The lowest BCUT2D eigenvalue weighted by molar-refractivity contribution is -0.115. The monoisotopic (exact) mass is 256 g/mol. The summed E-state index contributed by atoms with van der Waals surface area (Å²) in [6, 6.07) is 9.57. The Kier molecular flexibility index (Phi) is 2.72. The van der Waals surface area contributed by atoms with Gasteiger partial charge in [0.05, 0.1) is 6.26 Å². The zero-order chi connectivity index (χ0) is 13.2. The zero-order valence-electron chi connectivity index (χ0n) is 9.76. The average molecular weight is 256 g/mol. The van der Waals surface area contributed by atoms with Crippen molar-refractivity contribution >= 4 is 17.8 Å². The van der Waals surface area contributed by atoms with Crippen LogP contribution in [-0.2, 0) is 4.79 Å². The lowest BCUT2D eigenvalue weighted by atomic mass is 10.2. The third kappa shape index (κ3) is 2.18. The average Bonchev–Trinajstić information content (AvgIpc) is 3.02. The van der Waals surface area contributed by atoms with Crippen molar-refractivity contribution in [3.8, 4) is 0 Å². The number of hydrogen-bond acceptors (Lipinski definition) is 3. The van der Waals surface area contributed by atoms with Crippen LogP contribution in [0.15, 0.2) is 57.8 Å². The van der Waals surface area contributed by atoms with Gasteiger partial charge >= 0.3 is 0 Å². The number of rotatable bonds is 2. The third-order valence-electron chi connectivity index (χ3n) is 2.65. The van der Waals surface area contributed by atoms with Crippen LogP contribution in [0.5, 0.6) is 0 Å². The molecule has 2 aromatic rings. The zero-order valence-corrected chi connectivity index (χ0v) is 9.76. The van der Waals surface area contributed by atoms with Gasteiger partial charge in [-0.1, -0.05) is 18.2 Å². The van der Waals surface area contributed by atoms with Gasteiger partial charge in [-0.2, -0.15) is 0 Å².